The van der Waals surface area contributed by atoms with Crippen molar-refractivity contribution in [3.63, 3.8) is 0 Å². The van der Waals surface area contributed by atoms with Crippen LogP contribution in [0.15, 0.2) is 0 Å². The largest absolute Gasteiger partial charge is 0.509 e. The van der Waals surface area contributed by atoms with Gasteiger partial charge in [-0.25, -0.2) is 4.79 Å². The van der Waals surface area contributed by atoms with E-state index in [4.69, 9.17) is 9.47 Å². The molecule has 0 unspecified atom stereocenters. The second-order valence-electron chi connectivity index (χ2n) is 11.1. The second kappa shape index (κ2) is 13.1. The van der Waals surface area contributed by atoms with Crippen molar-refractivity contribution in [1.82, 2.24) is 0 Å². The van der Waals surface area contributed by atoms with Crippen molar-refractivity contribution >= 4 is 6.16 Å². The molecule has 0 aromatic heterocycles. The molecule has 0 aromatic rings. The highest BCUT2D eigenvalue weighted by Gasteiger charge is 2.41. The first-order valence-electron chi connectivity index (χ1n) is 14.0. The third kappa shape index (κ3) is 7.97. The van der Waals surface area contributed by atoms with E-state index < -0.39 is 0 Å². The number of rotatable bonds is 10. The lowest BCUT2D eigenvalue weighted by molar-refractivity contribution is -0.0860. The summed E-state index contributed by atoms with van der Waals surface area (Å²) in [4.78, 5) is 12.8. The van der Waals surface area contributed by atoms with Crippen molar-refractivity contribution < 1.29 is 14.3 Å². The van der Waals surface area contributed by atoms with Gasteiger partial charge in [-0.3, -0.25) is 0 Å². The summed E-state index contributed by atoms with van der Waals surface area (Å²) in [7, 11) is 0. The van der Waals surface area contributed by atoms with Gasteiger partial charge in [0.25, 0.3) is 0 Å². The van der Waals surface area contributed by atoms with Crippen molar-refractivity contribution in [3.8, 4) is 0 Å². The van der Waals surface area contributed by atoms with Gasteiger partial charge in [-0.1, -0.05) is 78.1 Å². The molecule has 3 heteroatoms. The minimum Gasteiger partial charge on any atom is -0.431 e. The van der Waals surface area contributed by atoms with Crippen LogP contribution in [0.5, 0.6) is 0 Å². The fourth-order valence-corrected chi connectivity index (χ4v) is 6.70. The molecule has 0 heterocycles. The third-order valence-corrected chi connectivity index (χ3v) is 8.82. The molecule has 0 saturated heterocycles. The first-order valence-corrected chi connectivity index (χ1v) is 14.0. The molecule has 3 nitrogen and oxygen atoms in total. The molecule has 3 fully saturated rings. The van der Waals surface area contributed by atoms with Crippen LogP contribution < -0.4 is 0 Å². The van der Waals surface area contributed by atoms with Gasteiger partial charge in [0.05, 0.1) is 0 Å². The van der Waals surface area contributed by atoms with Gasteiger partial charge in [-0.05, 0) is 82.0 Å². The van der Waals surface area contributed by atoms with E-state index in [0.29, 0.717) is 0 Å². The Balaban J connectivity index is 1.43. The molecule has 0 N–H and O–H groups in total. The maximum Gasteiger partial charge on any atom is 0.509 e. The topological polar surface area (TPSA) is 35.5 Å². The van der Waals surface area contributed by atoms with E-state index >= 15 is 0 Å². The normalized spacial score (nSPS) is 32.5. The van der Waals surface area contributed by atoms with Crippen molar-refractivity contribution in [2.24, 2.45) is 17.8 Å². The van der Waals surface area contributed by atoms with Crippen LogP contribution in [0.3, 0.4) is 0 Å². The highest BCUT2D eigenvalue weighted by Crippen LogP contribution is 2.44. The maximum absolute atomic E-state index is 12.8. The summed E-state index contributed by atoms with van der Waals surface area (Å²) in [5.41, 5.74) is -0.254. The van der Waals surface area contributed by atoms with Crippen LogP contribution in [0.2, 0.25) is 0 Å². The lowest BCUT2D eigenvalue weighted by Crippen LogP contribution is -2.41. The molecule has 0 aromatic carbocycles. The van der Waals surface area contributed by atoms with Crippen LogP contribution >= 0.6 is 0 Å². The maximum atomic E-state index is 12.8. The number of hydrogen-bond donors (Lipinski definition) is 0. The lowest BCUT2D eigenvalue weighted by Gasteiger charge is -2.42. The van der Waals surface area contributed by atoms with Crippen LogP contribution in [0, 0.1) is 17.8 Å². The third-order valence-electron chi connectivity index (χ3n) is 8.82. The number of carbonyl (C=O) groups excluding carboxylic acids is 1. The predicted molar refractivity (Wildman–Crippen MR) is 128 cm³/mol. The van der Waals surface area contributed by atoms with Gasteiger partial charge < -0.3 is 9.47 Å². The Morgan fingerprint density at radius 3 is 2.06 bits per heavy atom. The minimum absolute atomic E-state index is 0.0803. The first-order chi connectivity index (χ1) is 15.1. The van der Waals surface area contributed by atoms with Crippen LogP contribution in [-0.2, 0) is 9.47 Å². The monoisotopic (exact) mass is 434 g/mol. The van der Waals surface area contributed by atoms with E-state index in [1.165, 1.54) is 83.5 Å². The highest BCUT2D eigenvalue weighted by molar-refractivity contribution is 5.61. The predicted octanol–water partition coefficient (Wildman–Crippen LogP) is 8.98. The van der Waals surface area contributed by atoms with E-state index in [0.717, 1.165) is 62.7 Å². The summed E-state index contributed by atoms with van der Waals surface area (Å²) in [5.74, 6) is 2.63. The summed E-state index contributed by atoms with van der Waals surface area (Å²) in [5, 5.41) is 0. The molecular weight excluding hydrogens is 384 g/mol. The van der Waals surface area contributed by atoms with Crippen molar-refractivity contribution in [3.05, 3.63) is 0 Å². The first kappa shape index (κ1) is 24.9. The van der Waals surface area contributed by atoms with E-state index in [2.05, 4.69) is 13.8 Å². The van der Waals surface area contributed by atoms with Crippen LogP contribution in [0.4, 0.5) is 4.79 Å². The van der Waals surface area contributed by atoms with Crippen molar-refractivity contribution in [2.45, 2.75) is 154 Å². The molecular formula is C28H50O3. The van der Waals surface area contributed by atoms with Gasteiger partial charge in [-0.2, -0.15) is 0 Å². The SMILES string of the molecule is CCCCCC1CCC(OC(=O)O[C@]2(CCCC)CC[C@H](C3CCCCC3)CC2)CC1. The highest BCUT2D eigenvalue weighted by atomic mass is 16.7. The number of hydrogen-bond acceptors (Lipinski definition) is 3. The Morgan fingerprint density at radius 1 is 0.774 bits per heavy atom. The molecule has 3 rings (SSSR count). The molecule has 0 atom stereocenters. The Kier molecular flexibility index (Phi) is 10.5. The van der Waals surface area contributed by atoms with Gasteiger partial charge >= 0.3 is 6.16 Å². The van der Waals surface area contributed by atoms with Crippen molar-refractivity contribution in [2.75, 3.05) is 0 Å². The second-order valence-corrected chi connectivity index (χ2v) is 11.1. The lowest BCUT2D eigenvalue weighted by atomic mass is 9.68. The standard InChI is InChI=1S/C28H50O3/c1-3-5-8-11-23-14-16-26(17-15-23)30-27(29)31-28(20-6-4-2)21-18-25(19-22-28)24-12-9-7-10-13-24/h23-26H,3-22H2,1-2H3/t23?,25-,26?,28+. The summed E-state index contributed by atoms with van der Waals surface area (Å²) < 4.78 is 12.0. The molecule has 0 amide bonds. The van der Waals surface area contributed by atoms with E-state index in [-0.39, 0.29) is 17.9 Å². The van der Waals surface area contributed by atoms with Gasteiger partial charge in [0, 0.05) is 0 Å². The molecule has 3 aliphatic carbocycles. The van der Waals surface area contributed by atoms with E-state index in [1.54, 1.807) is 0 Å². The molecule has 180 valence electrons. The molecule has 3 aliphatic rings. The fraction of sp³-hybridized carbons (Fsp3) is 0.964. The molecule has 31 heavy (non-hydrogen) atoms. The van der Waals surface area contributed by atoms with Gasteiger partial charge in [0.1, 0.15) is 11.7 Å². The van der Waals surface area contributed by atoms with Gasteiger partial charge in [0.15, 0.2) is 0 Å². The zero-order valence-corrected chi connectivity index (χ0v) is 20.7. The Morgan fingerprint density at radius 2 is 1.42 bits per heavy atom. The molecule has 0 bridgehead atoms. The van der Waals surface area contributed by atoms with Gasteiger partial charge in [0.2, 0.25) is 0 Å². The zero-order chi connectivity index (χ0) is 21.9. The Hall–Kier alpha value is -0.730. The molecule has 0 radical (unpaired) electrons. The van der Waals surface area contributed by atoms with Crippen LogP contribution in [-0.4, -0.2) is 17.9 Å². The minimum atomic E-state index is -0.373. The average molecular weight is 435 g/mol. The molecule has 0 aliphatic heterocycles. The summed E-state index contributed by atoms with van der Waals surface area (Å²) in [6.45, 7) is 4.50. The average Bonchev–Trinajstić information content (AvgIpc) is 2.80. The quantitative estimate of drug-likeness (QED) is 0.254. The van der Waals surface area contributed by atoms with Gasteiger partial charge in [-0.15, -0.1) is 0 Å². The fourth-order valence-electron chi connectivity index (χ4n) is 6.70. The molecule has 3 saturated carbocycles. The van der Waals surface area contributed by atoms with Crippen molar-refractivity contribution in [1.29, 1.82) is 0 Å². The summed E-state index contributed by atoms with van der Waals surface area (Å²) >= 11 is 0. The zero-order valence-electron chi connectivity index (χ0n) is 20.7. The number of carbonyl (C=O) groups is 1. The summed E-state index contributed by atoms with van der Waals surface area (Å²) in [6.07, 6.45) is 24.6. The van der Waals surface area contributed by atoms with E-state index in [1.807, 2.05) is 0 Å². The van der Waals surface area contributed by atoms with E-state index in [9.17, 15) is 4.79 Å². The molecule has 0 spiro atoms. The van der Waals surface area contributed by atoms with Crippen LogP contribution in [0.1, 0.15) is 142 Å². The number of ether oxygens (including phenoxy) is 2. The van der Waals surface area contributed by atoms with Crippen LogP contribution in [0.25, 0.3) is 0 Å². The Bertz CT molecular complexity index is 494. The number of unbranched alkanes of at least 4 members (excludes halogenated alkanes) is 3. The Labute approximate surface area is 192 Å². The summed E-state index contributed by atoms with van der Waals surface area (Å²) in [6, 6.07) is 0. The smallest absolute Gasteiger partial charge is 0.431 e.